The molecule has 3 unspecified atom stereocenters. The molecule has 1 aromatic heterocycles. The van der Waals surface area contributed by atoms with E-state index in [0.717, 1.165) is 60.8 Å². The largest absolute Gasteiger partial charge is 0.454 e. The molecule has 0 radical (unpaired) electrons. The normalized spacial score (nSPS) is 22.5. The number of hydrogen-bond donors (Lipinski definition) is 2. The van der Waals surface area contributed by atoms with Crippen LogP contribution in [0.4, 0.5) is 0 Å². The van der Waals surface area contributed by atoms with Gasteiger partial charge in [-0.05, 0) is 47.3 Å². The quantitative estimate of drug-likeness (QED) is 0.335. The summed E-state index contributed by atoms with van der Waals surface area (Å²) in [6.45, 7) is 2.76. The maximum absolute atomic E-state index is 12.0. The minimum absolute atomic E-state index is 0. The molecule has 0 amide bonds. The van der Waals surface area contributed by atoms with Gasteiger partial charge in [-0.3, -0.25) is 9.20 Å². The molecule has 1 aromatic rings. The third-order valence-corrected chi connectivity index (χ3v) is 6.31. The van der Waals surface area contributed by atoms with E-state index >= 15 is 0 Å². The second kappa shape index (κ2) is 11.5. The molecule has 24 heavy (non-hydrogen) atoms. The van der Waals surface area contributed by atoms with Crippen molar-refractivity contribution < 1.29 is 8.63 Å². The van der Waals surface area contributed by atoms with Crippen molar-refractivity contribution in [2.45, 2.75) is 50.3 Å². The zero-order chi connectivity index (χ0) is 16.7. The van der Waals surface area contributed by atoms with Crippen LogP contribution in [0.2, 0.25) is 0 Å². The molecule has 138 valence electrons. The van der Waals surface area contributed by atoms with E-state index in [9.17, 15) is 4.21 Å². The Bertz CT molecular complexity index is 553. The van der Waals surface area contributed by atoms with Gasteiger partial charge in [0, 0.05) is 47.9 Å². The molecular weight excluding hydrogens is 505 g/mol. The first-order valence-corrected chi connectivity index (χ1v) is 10.4. The third kappa shape index (κ3) is 7.03. The summed E-state index contributed by atoms with van der Waals surface area (Å²) in [6, 6.07) is 4.22. The zero-order valence-electron chi connectivity index (χ0n) is 14.2. The highest BCUT2D eigenvalue weighted by molar-refractivity contribution is 14.0. The summed E-state index contributed by atoms with van der Waals surface area (Å²) < 4.78 is 18.3. The van der Waals surface area contributed by atoms with Crippen molar-refractivity contribution in [1.29, 1.82) is 0 Å². The smallest absolute Gasteiger partial charge is 0.191 e. The summed E-state index contributed by atoms with van der Waals surface area (Å²) in [4.78, 5) is 4.29. The van der Waals surface area contributed by atoms with Crippen molar-refractivity contribution in [2.24, 2.45) is 4.99 Å². The van der Waals surface area contributed by atoms with E-state index < -0.39 is 10.8 Å². The van der Waals surface area contributed by atoms with Crippen LogP contribution in [0.15, 0.2) is 26.2 Å². The van der Waals surface area contributed by atoms with Crippen molar-refractivity contribution in [1.82, 2.24) is 10.6 Å². The summed E-state index contributed by atoms with van der Waals surface area (Å²) in [7, 11) is 1.09. The van der Waals surface area contributed by atoms with Gasteiger partial charge >= 0.3 is 0 Å². The SMILES string of the molecule is CCS(=O)C1CCCC(NC(=NC)NCCc2ccc(Br)o2)C1.I. The lowest BCUT2D eigenvalue weighted by molar-refractivity contribution is 0.413. The number of rotatable bonds is 6. The van der Waals surface area contributed by atoms with Gasteiger partial charge in [0.1, 0.15) is 5.76 Å². The number of aliphatic imine (C=N–C) groups is 1. The lowest BCUT2D eigenvalue weighted by Gasteiger charge is -2.30. The number of halogens is 2. The maximum Gasteiger partial charge on any atom is 0.191 e. The van der Waals surface area contributed by atoms with Crippen LogP contribution in [0.5, 0.6) is 0 Å². The molecule has 3 atom stereocenters. The first-order chi connectivity index (χ1) is 11.1. The van der Waals surface area contributed by atoms with Crippen LogP contribution in [-0.4, -0.2) is 40.8 Å². The molecule has 1 aliphatic rings. The fourth-order valence-electron chi connectivity index (χ4n) is 2.93. The molecule has 5 nitrogen and oxygen atoms in total. The lowest BCUT2D eigenvalue weighted by atomic mass is 9.95. The Hall–Kier alpha value is -0.0900. The molecule has 1 saturated carbocycles. The third-order valence-electron chi connectivity index (χ3n) is 4.14. The molecule has 0 aliphatic heterocycles. The molecule has 8 heteroatoms. The fraction of sp³-hybridized carbons (Fsp3) is 0.688. The highest BCUT2D eigenvalue weighted by Gasteiger charge is 2.25. The average Bonchev–Trinajstić information content (AvgIpc) is 2.98. The van der Waals surface area contributed by atoms with Gasteiger partial charge in [0.25, 0.3) is 0 Å². The van der Waals surface area contributed by atoms with Gasteiger partial charge in [0.2, 0.25) is 0 Å². The van der Waals surface area contributed by atoms with Gasteiger partial charge in [0.05, 0.1) is 0 Å². The number of guanidine groups is 1. The predicted molar refractivity (Wildman–Crippen MR) is 115 cm³/mol. The molecule has 2 N–H and O–H groups in total. The Morgan fingerprint density at radius 1 is 1.46 bits per heavy atom. The van der Waals surface area contributed by atoms with Gasteiger partial charge in [-0.1, -0.05) is 13.3 Å². The van der Waals surface area contributed by atoms with E-state index in [1.165, 1.54) is 0 Å². The van der Waals surface area contributed by atoms with Crippen molar-refractivity contribution in [2.75, 3.05) is 19.3 Å². The van der Waals surface area contributed by atoms with E-state index in [2.05, 4.69) is 31.6 Å². The van der Waals surface area contributed by atoms with Crippen LogP contribution in [0, 0.1) is 0 Å². The monoisotopic (exact) mass is 531 g/mol. The van der Waals surface area contributed by atoms with E-state index in [0.29, 0.717) is 11.3 Å². The topological polar surface area (TPSA) is 66.6 Å². The Labute approximate surface area is 172 Å². The number of furan rings is 1. The Kier molecular flexibility index (Phi) is 10.5. The molecular formula is C16H27BrIN3O2S. The van der Waals surface area contributed by atoms with Gasteiger partial charge in [-0.15, -0.1) is 24.0 Å². The summed E-state index contributed by atoms with van der Waals surface area (Å²) >= 11 is 3.31. The summed E-state index contributed by atoms with van der Waals surface area (Å²) in [5, 5.41) is 7.11. The van der Waals surface area contributed by atoms with E-state index in [1.807, 2.05) is 19.1 Å². The van der Waals surface area contributed by atoms with Gasteiger partial charge in [-0.2, -0.15) is 0 Å². The molecule has 1 heterocycles. The minimum atomic E-state index is -0.696. The van der Waals surface area contributed by atoms with E-state index in [1.54, 1.807) is 7.05 Å². The average molecular weight is 532 g/mol. The van der Waals surface area contributed by atoms with Crippen LogP contribution < -0.4 is 10.6 Å². The second-order valence-corrected chi connectivity index (χ2v) is 8.54. The molecule has 0 aromatic carbocycles. The molecule has 1 aliphatic carbocycles. The van der Waals surface area contributed by atoms with Crippen molar-refractivity contribution >= 4 is 56.7 Å². The highest BCUT2D eigenvalue weighted by Crippen LogP contribution is 2.23. The number of nitrogens with one attached hydrogen (secondary N) is 2. The van der Waals surface area contributed by atoms with Crippen LogP contribution >= 0.6 is 39.9 Å². The van der Waals surface area contributed by atoms with Gasteiger partial charge in [0.15, 0.2) is 10.6 Å². The second-order valence-electron chi connectivity index (χ2n) is 5.75. The van der Waals surface area contributed by atoms with Crippen LogP contribution in [-0.2, 0) is 17.2 Å². The molecule has 0 bridgehead atoms. The molecule has 1 fully saturated rings. The Morgan fingerprint density at radius 2 is 2.25 bits per heavy atom. The van der Waals surface area contributed by atoms with E-state index in [4.69, 9.17) is 4.42 Å². The first-order valence-electron chi connectivity index (χ1n) is 8.21. The number of hydrogen-bond acceptors (Lipinski definition) is 3. The molecule has 0 saturated heterocycles. The standard InChI is InChI=1S/C16H26BrN3O2S.HI/c1-3-23(21)14-6-4-5-12(11-14)20-16(18-2)19-10-9-13-7-8-15(17)22-13;/h7-8,12,14H,3-6,9-11H2,1-2H3,(H2,18,19,20);1H. The summed E-state index contributed by atoms with van der Waals surface area (Å²) in [5.74, 6) is 2.50. The van der Waals surface area contributed by atoms with Crippen LogP contribution in [0.25, 0.3) is 0 Å². The Morgan fingerprint density at radius 3 is 2.88 bits per heavy atom. The van der Waals surface area contributed by atoms with Gasteiger partial charge in [-0.25, -0.2) is 0 Å². The predicted octanol–water partition coefficient (Wildman–Crippen LogP) is 3.45. The maximum atomic E-state index is 12.0. The molecule has 0 spiro atoms. The lowest BCUT2D eigenvalue weighted by Crippen LogP contribution is -2.47. The van der Waals surface area contributed by atoms with Crippen molar-refractivity contribution in [3.63, 3.8) is 0 Å². The summed E-state index contributed by atoms with van der Waals surface area (Å²) in [6.07, 6.45) is 5.10. The minimum Gasteiger partial charge on any atom is -0.454 e. The highest BCUT2D eigenvalue weighted by atomic mass is 127. The van der Waals surface area contributed by atoms with Gasteiger partial charge < -0.3 is 15.1 Å². The fourth-order valence-corrected chi connectivity index (χ4v) is 4.62. The zero-order valence-corrected chi connectivity index (χ0v) is 19.0. The van der Waals surface area contributed by atoms with Crippen LogP contribution in [0.3, 0.4) is 0 Å². The first kappa shape index (κ1) is 22.0. The summed E-state index contributed by atoms with van der Waals surface area (Å²) in [5.41, 5.74) is 0. The molecule has 2 rings (SSSR count). The Balaban J connectivity index is 0.00000288. The van der Waals surface area contributed by atoms with Crippen LogP contribution in [0.1, 0.15) is 38.4 Å². The van der Waals surface area contributed by atoms with Crippen molar-refractivity contribution in [3.8, 4) is 0 Å². The van der Waals surface area contributed by atoms with Crippen molar-refractivity contribution in [3.05, 3.63) is 22.6 Å². The van der Waals surface area contributed by atoms with E-state index in [-0.39, 0.29) is 24.0 Å². The number of nitrogens with zero attached hydrogens (tertiary/aromatic N) is 1.